The van der Waals surface area contributed by atoms with Crippen LogP contribution in [0.15, 0.2) is 50.9 Å². The number of sulfonamides is 1. The predicted octanol–water partition coefficient (Wildman–Crippen LogP) is 0.135. The first-order valence-electron chi connectivity index (χ1n) is 8.44. The number of benzene rings is 1. The molecule has 2 heterocycles. The van der Waals surface area contributed by atoms with Crippen LogP contribution in [0.1, 0.15) is 10.5 Å². The van der Waals surface area contributed by atoms with Gasteiger partial charge >= 0.3 is 5.69 Å². The van der Waals surface area contributed by atoms with Crippen molar-refractivity contribution in [3.63, 3.8) is 0 Å². The summed E-state index contributed by atoms with van der Waals surface area (Å²) >= 11 is 0. The number of aromatic nitrogens is 3. The molecule has 0 fully saturated rings. The smallest absolute Gasteiger partial charge is 0.321 e. The van der Waals surface area contributed by atoms with Crippen molar-refractivity contribution in [1.82, 2.24) is 18.4 Å². The Morgan fingerprint density at radius 1 is 1.00 bits per heavy atom. The number of nitrogens with one attached hydrogen (secondary N) is 1. The monoisotopic (exact) mass is 417 g/mol. The van der Waals surface area contributed by atoms with Crippen molar-refractivity contribution in [1.29, 1.82) is 0 Å². The Hall–Kier alpha value is -3.31. The van der Waals surface area contributed by atoms with Gasteiger partial charge in [0.1, 0.15) is 11.3 Å². The Balaban J connectivity index is 1.93. The molecule has 0 aliphatic heterocycles. The van der Waals surface area contributed by atoms with Crippen molar-refractivity contribution in [3.8, 4) is 0 Å². The van der Waals surface area contributed by atoms with E-state index >= 15 is 0 Å². The molecule has 11 heteroatoms. The van der Waals surface area contributed by atoms with Crippen molar-refractivity contribution in [3.05, 3.63) is 62.9 Å². The quantitative estimate of drug-likeness (QED) is 0.644. The maximum Gasteiger partial charge on any atom is 0.332 e. The molecule has 10 nitrogen and oxygen atoms in total. The average molecular weight is 417 g/mol. The van der Waals surface area contributed by atoms with Crippen molar-refractivity contribution in [2.24, 2.45) is 14.1 Å². The van der Waals surface area contributed by atoms with Gasteiger partial charge in [-0.1, -0.05) is 0 Å². The van der Waals surface area contributed by atoms with Crippen LogP contribution in [0.5, 0.6) is 0 Å². The molecule has 1 aromatic carbocycles. The van der Waals surface area contributed by atoms with Crippen LogP contribution in [0, 0.1) is 0 Å². The van der Waals surface area contributed by atoms with E-state index in [-0.39, 0.29) is 21.6 Å². The molecule has 0 aliphatic rings. The molecular weight excluding hydrogens is 398 g/mol. The molecule has 0 atom stereocenters. The number of carbonyl (C=O) groups is 1. The zero-order valence-electron chi connectivity index (χ0n) is 16.2. The molecule has 1 amide bonds. The largest absolute Gasteiger partial charge is 0.332 e. The van der Waals surface area contributed by atoms with Crippen LogP contribution in [-0.2, 0) is 24.1 Å². The van der Waals surface area contributed by atoms with Crippen LogP contribution in [-0.4, -0.2) is 46.8 Å². The normalized spacial score (nSPS) is 11.8. The fourth-order valence-electron chi connectivity index (χ4n) is 2.70. The van der Waals surface area contributed by atoms with Crippen LogP contribution in [0.4, 0.5) is 5.69 Å². The van der Waals surface area contributed by atoms with Crippen molar-refractivity contribution in [2.45, 2.75) is 4.90 Å². The number of aryl methyl sites for hydroxylation is 1. The number of anilines is 1. The molecule has 152 valence electrons. The summed E-state index contributed by atoms with van der Waals surface area (Å²) in [5.74, 6) is -0.566. The first-order valence-corrected chi connectivity index (χ1v) is 9.89. The van der Waals surface area contributed by atoms with Gasteiger partial charge in [0, 0.05) is 33.9 Å². The number of pyridine rings is 1. The first-order chi connectivity index (χ1) is 13.5. The Labute approximate surface area is 166 Å². The highest BCUT2D eigenvalue weighted by molar-refractivity contribution is 7.89. The highest BCUT2D eigenvalue weighted by Gasteiger charge is 2.17. The summed E-state index contributed by atoms with van der Waals surface area (Å²) in [7, 11) is 2.11. The van der Waals surface area contributed by atoms with Gasteiger partial charge in [0.05, 0.1) is 10.3 Å². The lowest BCUT2D eigenvalue weighted by molar-refractivity contribution is 0.102. The van der Waals surface area contributed by atoms with Crippen LogP contribution < -0.4 is 16.6 Å². The molecule has 0 unspecified atom stereocenters. The van der Waals surface area contributed by atoms with Crippen molar-refractivity contribution < 1.29 is 13.2 Å². The number of nitrogens with zero attached hydrogens (tertiary/aromatic N) is 4. The first kappa shape index (κ1) is 20.4. The number of hydrogen-bond donors (Lipinski definition) is 1. The number of amides is 1. The lowest BCUT2D eigenvalue weighted by Gasteiger charge is -2.12. The van der Waals surface area contributed by atoms with Crippen LogP contribution in [0.25, 0.3) is 11.0 Å². The number of fused-ring (bicyclic) bond motifs is 1. The summed E-state index contributed by atoms with van der Waals surface area (Å²) in [6, 6.07) is 8.50. The van der Waals surface area contributed by atoms with E-state index in [4.69, 9.17) is 0 Å². The van der Waals surface area contributed by atoms with E-state index in [0.717, 1.165) is 8.87 Å². The summed E-state index contributed by atoms with van der Waals surface area (Å²) in [5, 5.41) is 2.82. The maximum absolute atomic E-state index is 12.5. The molecule has 3 aromatic rings. The molecule has 0 radical (unpaired) electrons. The van der Waals surface area contributed by atoms with Gasteiger partial charge < -0.3 is 5.32 Å². The Morgan fingerprint density at radius 3 is 2.21 bits per heavy atom. The van der Waals surface area contributed by atoms with Crippen LogP contribution in [0.2, 0.25) is 0 Å². The zero-order chi connectivity index (χ0) is 21.5. The topological polar surface area (TPSA) is 123 Å². The molecule has 0 bridgehead atoms. The van der Waals surface area contributed by atoms with Gasteiger partial charge in [0.2, 0.25) is 10.0 Å². The van der Waals surface area contributed by atoms with E-state index in [0.29, 0.717) is 5.69 Å². The predicted molar refractivity (Wildman–Crippen MR) is 107 cm³/mol. The third kappa shape index (κ3) is 3.57. The SMILES string of the molecule is CN(C)S(=O)(=O)c1ccc(NC(=O)c2ccc3c(=O)n(C)c(=O)n(C)c3n2)cc1. The van der Waals surface area contributed by atoms with Gasteiger partial charge in [-0.3, -0.25) is 18.7 Å². The Kier molecular flexibility index (Phi) is 5.11. The Bertz CT molecular complexity index is 1340. The lowest BCUT2D eigenvalue weighted by atomic mass is 10.2. The number of hydrogen-bond acceptors (Lipinski definition) is 6. The van der Waals surface area contributed by atoms with Gasteiger partial charge in [-0.15, -0.1) is 0 Å². The van der Waals surface area contributed by atoms with E-state index in [1.54, 1.807) is 0 Å². The summed E-state index contributed by atoms with van der Waals surface area (Å²) in [5.41, 5.74) is -0.582. The number of rotatable bonds is 4. The number of carbonyl (C=O) groups excluding carboxylic acids is 1. The molecule has 0 saturated carbocycles. The third-order valence-corrected chi connectivity index (χ3v) is 6.25. The summed E-state index contributed by atoms with van der Waals surface area (Å²) in [6.07, 6.45) is 0. The molecular formula is C18H19N5O5S. The molecule has 0 spiro atoms. The minimum Gasteiger partial charge on any atom is -0.321 e. The van der Waals surface area contributed by atoms with E-state index < -0.39 is 27.2 Å². The van der Waals surface area contributed by atoms with Gasteiger partial charge in [0.15, 0.2) is 0 Å². The van der Waals surface area contributed by atoms with Crippen LogP contribution >= 0.6 is 0 Å². The van der Waals surface area contributed by atoms with Crippen LogP contribution in [0.3, 0.4) is 0 Å². The second kappa shape index (κ2) is 7.26. The second-order valence-corrected chi connectivity index (χ2v) is 8.69. The molecule has 3 rings (SSSR count). The molecule has 0 saturated heterocycles. The molecule has 2 aromatic heterocycles. The van der Waals surface area contributed by atoms with E-state index in [9.17, 15) is 22.8 Å². The molecule has 1 N–H and O–H groups in total. The van der Waals surface area contributed by atoms with Gasteiger partial charge in [0.25, 0.3) is 11.5 Å². The van der Waals surface area contributed by atoms with Gasteiger partial charge in [-0.05, 0) is 36.4 Å². The minimum atomic E-state index is -3.57. The summed E-state index contributed by atoms with van der Waals surface area (Å²) in [6.45, 7) is 0. The van der Waals surface area contributed by atoms with E-state index in [2.05, 4.69) is 10.3 Å². The highest BCUT2D eigenvalue weighted by Crippen LogP contribution is 2.17. The average Bonchev–Trinajstić information content (AvgIpc) is 2.70. The standard InChI is InChI=1S/C18H19N5O5S/c1-21(2)29(27,28)12-7-5-11(6-8-12)19-16(24)14-10-9-13-15(20-14)22(3)18(26)23(4)17(13)25/h5-10H,1-4H3,(H,19,24). The van der Waals surface area contributed by atoms with Crippen molar-refractivity contribution >= 4 is 32.7 Å². The van der Waals surface area contributed by atoms with Gasteiger partial charge in [-0.2, -0.15) is 0 Å². The summed E-state index contributed by atoms with van der Waals surface area (Å²) in [4.78, 5) is 41.0. The summed E-state index contributed by atoms with van der Waals surface area (Å²) < 4.78 is 27.4. The lowest BCUT2D eigenvalue weighted by Crippen LogP contribution is -2.37. The van der Waals surface area contributed by atoms with Crippen molar-refractivity contribution in [2.75, 3.05) is 19.4 Å². The third-order valence-electron chi connectivity index (χ3n) is 4.43. The van der Waals surface area contributed by atoms with Gasteiger partial charge in [-0.25, -0.2) is 22.5 Å². The van der Waals surface area contributed by atoms with E-state index in [1.165, 1.54) is 69.2 Å². The second-order valence-electron chi connectivity index (χ2n) is 6.54. The zero-order valence-corrected chi connectivity index (χ0v) is 17.0. The fraction of sp³-hybridized carbons (Fsp3) is 0.222. The fourth-order valence-corrected chi connectivity index (χ4v) is 3.60. The molecule has 0 aliphatic carbocycles. The molecule has 29 heavy (non-hydrogen) atoms. The highest BCUT2D eigenvalue weighted by atomic mass is 32.2. The van der Waals surface area contributed by atoms with E-state index in [1.807, 2.05) is 0 Å². The maximum atomic E-state index is 12.5. The Morgan fingerprint density at radius 2 is 1.62 bits per heavy atom. The minimum absolute atomic E-state index is 0.00532.